The molecule has 2 heterocycles. The first-order chi connectivity index (χ1) is 12.0. The van der Waals surface area contributed by atoms with Crippen LogP contribution in [-0.4, -0.2) is 29.6 Å². The van der Waals surface area contributed by atoms with Gasteiger partial charge in [-0.25, -0.2) is 9.97 Å². The molecule has 130 valence electrons. The van der Waals surface area contributed by atoms with Gasteiger partial charge in [-0.2, -0.15) is 5.26 Å². The zero-order valence-electron chi connectivity index (χ0n) is 14.0. The molecule has 0 unspecified atom stereocenters. The molecule has 0 radical (unpaired) electrons. The third-order valence-corrected chi connectivity index (χ3v) is 5.68. The highest BCUT2D eigenvalue weighted by atomic mass is 35.5. The lowest BCUT2D eigenvalue weighted by atomic mass is 9.80. The number of nitriles is 1. The molecule has 0 spiro atoms. The lowest BCUT2D eigenvalue weighted by Crippen LogP contribution is -2.42. The molecule has 0 saturated carbocycles. The van der Waals surface area contributed by atoms with E-state index in [9.17, 15) is 5.26 Å². The number of nitrogens with zero attached hydrogens (tertiary/aromatic N) is 4. The molecular formula is C18H19Cl2N5. The van der Waals surface area contributed by atoms with E-state index < -0.39 is 0 Å². The minimum absolute atomic E-state index is 0.177. The minimum Gasteiger partial charge on any atom is -0.355 e. The highest BCUT2D eigenvalue weighted by Gasteiger charge is 2.29. The minimum atomic E-state index is 0.177. The Morgan fingerprint density at radius 1 is 1.32 bits per heavy atom. The van der Waals surface area contributed by atoms with E-state index in [0.717, 1.165) is 25.9 Å². The van der Waals surface area contributed by atoms with Gasteiger partial charge in [0.15, 0.2) is 5.69 Å². The Kier molecular flexibility index (Phi) is 5.14. The summed E-state index contributed by atoms with van der Waals surface area (Å²) in [6, 6.07) is 7.38. The topological polar surface area (TPSA) is 78.8 Å². The second-order valence-corrected chi connectivity index (χ2v) is 7.43. The quantitative estimate of drug-likeness (QED) is 0.879. The molecule has 0 atom stereocenters. The van der Waals surface area contributed by atoms with Crippen LogP contribution in [0.4, 0.5) is 5.82 Å². The summed E-state index contributed by atoms with van der Waals surface area (Å²) >= 11 is 12.3. The number of piperidine rings is 1. The predicted molar refractivity (Wildman–Crippen MR) is 101 cm³/mol. The first-order valence-corrected chi connectivity index (χ1v) is 8.89. The van der Waals surface area contributed by atoms with Gasteiger partial charge in [0.25, 0.3) is 0 Å². The first-order valence-electron chi connectivity index (χ1n) is 8.14. The van der Waals surface area contributed by atoms with Gasteiger partial charge in [-0.1, -0.05) is 42.3 Å². The zero-order valence-corrected chi connectivity index (χ0v) is 15.5. The number of benzene rings is 1. The Morgan fingerprint density at radius 2 is 2.04 bits per heavy atom. The molecule has 25 heavy (non-hydrogen) atoms. The molecule has 2 N–H and O–H groups in total. The van der Waals surface area contributed by atoms with Crippen LogP contribution in [0.25, 0.3) is 11.3 Å². The molecule has 3 rings (SSSR count). The number of hydrogen-bond donors (Lipinski definition) is 1. The van der Waals surface area contributed by atoms with Crippen LogP contribution in [0.15, 0.2) is 24.4 Å². The maximum atomic E-state index is 9.52. The summed E-state index contributed by atoms with van der Waals surface area (Å²) in [5.41, 5.74) is 7.34. The number of anilines is 1. The largest absolute Gasteiger partial charge is 0.355 e. The van der Waals surface area contributed by atoms with Crippen LogP contribution in [0.5, 0.6) is 0 Å². The lowest BCUT2D eigenvalue weighted by molar-refractivity contribution is 0.258. The molecule has 5 nitrogen and oxygen atoms in total. The van der Waals surface area contributed by atoms with Crippen molar-refractivity contribution < 1.29 is 0 Å². The standard InChI is InChI=1S/C18H19Cl2N5/c1-18(11-22)5-7-25(8-6-18)15-10-23-17(14(9-21)24-15)12-3-2-4-13(19)16(12)20/h2-4,10H,5-8,11,22H2,1H3. The van der Waals surface area contributed by atoms with Crippen molar-refractivity contribution in [1.29, 1.82) is 5.26 Å². The smallest absolute Gasteiger partial charge is 0.169 e. The fourth-order valence-electron chi connectivity index (χ4n) is 2.97. The second-order valence-electron chi connectivity index (χ2n) is 6.64. The van der Waals surface area contributed by atoms with Crippen molar-refractivity contribution in [2.75, 3.05) is 24.5 Å². The van der Waals surface area contributed by atoms with E-state index in [-0.39, 0.29) is 11.1 Å². The van der Waals surface area contributed by atoms with Gasteiger partial charge in [0, 0.05) is 18.7 Å². The van der Waals surface area contributed by atoms with Crippen molar-refractivity contribution in [2.24, 2.45) is 11.1 Å². The Hall–Kier alpha value is -1.87. The average molecular weight is 376 g/mol. The number of halogens is 2. The molecule has 1 aromatic carbocycles. The third kappa shape index (κ3) is 3.57. The van der Waals surface area contributed by atoms with Crippen molar-refractivity contribution in [3.63, 3.8) is 0 Å². The molecular weight excluding hydrogens is 357 g/mol. The molecule has 0 aliphatic carbocycles. The molecule has 1 aliphatic heterocycles. The van der Waals surface area contributed by atoms with Crippen LogP contribution >= 0.6 is 23.2 Å². The van der Waals surface area contributed by atoms with Gasteiger partial charge in [0.2, 0.25) is 0 Å². The highest BCUT2D eigenvalue weighted by Crippen LogP contribution is 2.35. The monoisotopic (exact) mass is 375 g/mol. The molecule has 0 amide bonds. The number of rotatable bonds is 3. The van der Waals surface area contributed by atoms with Crippen molar-refractivity contribution >= 4 is 29.0 Å². The molecule has 7 heteroatoms. The predicted octanol–water partition coefficient (Wildman–Crippen LogP) is 3.89. The highest BCUT2D eigenvalue weighted by molar-refractivity contribution is 6.43. The second kappa shape index (κ2) is 7.17. The van der Waals surface area contributed by atoms with Crippen LogP contribution in [-0.2, 0) is 0 Å². The van der Waals surface area contributed by atoms with Crippen LogP contribution in [0, 0.1) is 16.7 Å². The SMILES string of the molecule is CC1(CN)CCN(c2cnc(-c3cccc(Cl)c3Cl)c(C#N)n2)CC1. The number of nitrogens with two attached hydrogens (primary N) is 1. The first kappa shape index (κ1) is 17.9. The van der Waals surface area contributed by atoms with Crippen LogP contribution in [0.1, 0.15) is 25.5 Å². The van der Waals surface area contributed by atoms with Gasteiger partial charge in [-0.15, -0.1) is 0 Å². The molecule has 1 saturated heterocycles. The fourth-order valence-corrected chi connectivity index (χ4v) is 3.36. The summed E-state index contributed by atoms with van der Waals surface area (Å²) in [5, 5.41) is 10.3. The van der Waals surface area contributed by atoms with Crippen LogP contribution in [0.3, 0.4) is 0 Å². The summed E-state index contributed by atoms with van der Waals surface area (Å²) in [5.74, 6) is 0.706. The molecule has 2 aromatic rings. The van der Waals surface area contributed by atoms with Gasteiger partial charge < -0.3 is 10.6 Å². The van der Waals surface area contributed by atoms with E-state index in [1.807, 2.05) is 0 Å². The van der Waals surface area contributed by atoms with Crippen LogP contribution < -0.4 is 10.6 Å². The van der Waals surface area contributed by atoms with Crippen molar-refractivity contribution in [3.8, 4) is 17.3 Å². The maximum absolute atomic E-state index is 9.52. The number of hydrogen-bond acceptors (Lipinski definition) is 5. The lowest BCUT2D eigenvalue weighted by Gasteiger charge is -2.39. The van der Waals surface area contributed by atoms with Gasteiger partial charge in [0.1, 0.15) is 17.6 Å². The van der Waals surface area contributed by atoms with E-state index >= 15 is 0 Å². The third-order valence-electron chi connectivity index (χ3n) is 4.86. The van der Waals surface area contributed by atoms with E-state index in [4.69, 9.17) is 28.9 Å². The van der Waals surface area contributed by atoms with Crippen LogP contribution in [0.2, 0.25) is 10.0 Å². The molecule has 1 aliphatic rings. The van der Waals surface area contributed by atoms with Gasteiger partial charge in [0.05, 0.1) is 16.2 Å². The van der Waals surface area contributed by atoms with Crippen molar-refractivity contribution in [2.45, 2.75) is 19.8 Å². The van der Waals surface area contributed by atoms with Gasteiger partial charge in [-0.05, 0) is 30.9 Å². The Bertz CT molecular complexity index is 823. The fraction of sp³-hybridized carbons (Fsp3) is 0.389. The zero-order chi connectivity index (χ0) is 18.0. The molecule has 1 fully saturated rings. The van der Waals surface area contributed by atoms with E-state index in [2.05, 4.69) is 27.9 Å². The Balaban J connectivity index is 1.91. The Morgan fingerprint density at radius 3 is 2.68 bits per heavy atom. The summed E-state index contributed by atoms with van der Waals surface area (Å²) in [6.45, 7) is 4.60. The Labute approximate surface area is 157 Å². The molecule has 1 aromatic heterocycles. The van der Waals surface area contributed by atoms with Crippen molar-refractivity contribution in [1.82, 2.24) is 9.97 Å². The van der Waals surface area contributed by atoms with Gasteiger partial charge >= 0.3 is 0 Å². The summed E-state index contributed by atoms with van der Waals surface area (Å²) in [7, 11) is 0. The summed E-state index contributed by atoms with van der Waals surface area (Å²) in [4.78, 5) is 11.1. The average Bonchev–Trinajstić information content (AvgIpc) is 2.64. The van der Waals surface area contributed by atoms with Gasteiger partial charge in [-0.3, -0.25) is 0 Å². The van der Waals surface area contributed by atoms with E-state index in [1.165, 1.54) is 0 Å². The number of aromatic nitrogens is 2. The van der Waals surface area contributed by atoms with Crippen molar-refractivity contribution in [3.05, 3.63) is 40.1 Å². The normalized spacial score (nSPS) is 16.5. The summed E-state index contributed by atoms with van der Waals surface area (Å²) < 4.78 is 0. The summed E-state index contributed by atoms with van der Waals surface area (Å²) in [6.07, 6.45) is 3.68. The van der Waals surface area contributed by atoms with E-state index in [1.54, 1.807) is 24.4 Å². The van der Waals surface area contributed by atoms with E-state index in [0.29, 0.717) is 33.7 Å². The maximum Gasteiger partial charge on any atom is 0.169 e. The molecule has 0 bridgehead atoms.